The second-order valence-electron chi connectivity index (χ2n) is 3.34. The van der Waals surface area contributed by atoms with Crippen LogP contribution in [0.15, 0.2) is 23.8 Å². The molecule has 1 aromatic rings. The Bertz CT molecular complexity index is 457. The van der Waals surface area contributed by atoms with Crippen molar-refractivity contribution in [2.75, 3.05) is 7.11 Å². The van der Waals surface area contributed by atoms with E-state index in [-0.39, 0.29) is 6.10 Å². The maximum Gasteiger partial charge on any atom is 0.131 e. The molecule has 0 amide bonds. The lowest BCUT2D eigenvalue weighted by atomic mass is 10.0. The van der Waals surface area contributed by atoms with Crippen LogP contribution in [-0.4, -0.2) is 13.2 Å². The van der Waals surface area contributed by atoms with Crippen LogP contribution in [0.2, 0.25) is 0 Å². The topological polar surface area (TPSA) is 42.2 Å². The van der Waals surface area contributed by atoms with Gasteiger partial charge in [0.05, 0.1) is 24.3 Å². The van der Waals surface area contributed by atoms with Crippen molar-refractivity contribution < 1.29 is 9.47 Å². The number of nitrogens with zero attached hydrogens (tertiary/aromatic N) is 1. The Kier molecular flexibility index (Phi) is 2.34. The van der Waals surface area contributed by atoms with E-state index in [1.807, 2.05) is 31.2 Å². The molecule has 3 heteroatoms. The van der Waals surface area contributed by atoms with Gasteiger partial charge in [-0.3, -0.25) is 0 Å². The first-order valence-corrected chi connectivity index (χ1v) is 4.71. The maximum atomic E-state index is 8.91. The fourth-order valence-corrected chi connectivity index (χ4v) is 1.60. The Morgan fingerprint density at radius 1 is 1.47 bits per heavy atom. The summed E-state index contributed by atoms with van der Waals surface area (Å²) in [6.45, 7) is 1.86. The summed E-state index contributed by atoms with van der Waals surface area (Å²) in [7, 11) is 1.60. The van der Waals surface area contributed by atoms with Gasteiger partial charge in [0.15, 0.2) is 0 Å². The molecule has 1 aliphatic heterocycles. The SMILES string of the molecule is COc1cccc2c1C=C(C#N)C(C)O2. The molecule has 0 fully saturated rings. The maximum absolute atomic E-state index is 8.91. The standard InChI is InChI=1S/C12H11NO2/c1-8-9(7-13)6-10-11(14-2)4-3-5-12(10)15-8/h3-6,8H,1-2H3. The van der Waals surface area contributed by atoms with Crippen molar-refractivity contribution in [2.24, 2.45) is 0 Å². The van der Waals surface area contributed by atoms with E-state index >= 15 is 0 Å². The van der Waals surface area contributed by atoms with Gasteiger partial charge in [-0.05, 0) is 25.1 Å². The molecule has 2 rings (SSSR count). The zero-order valence-corrected chi connectivity index (χ0v) is 8.65. The first kappa shape index (κ1) is 9.60. The van der Waals surface area contributed by atoms with E-state index in [1.165, 1.54) is 0 Å². The zero-order chi connectivity index (χ0) is 10.8. The van der Waals surface area contributed by atoms with Crippen LogP contribution < -0.4 is 9.47 Å². The molecule has 1 aromatic carbocycles. The van der Waals surface area contributed by atoms with Gasteiger partial charge in [-0.2, -0.15) is 5.26 Å². The molecule has 0 saturated heterocycles. The first-order chi connectivity index (χ1) is 7.26. The molecule has 1 unspecified atom stereocenters. The van der Waals surface area contributed by atoms with Crippen LogP contribution in [0.1, 0.15) is 12.5 Å². The molecule has 1 atom stereocenters. The van der Waals surface area contributed by atoms with E-state index in [0.29, 0.717) is 5.57 Å². The van der Waals surface area contributed by atoms with Gasteiger partial charge >= 0.3 is 0 Å². The molecule has 1 heterocycles. The molecule has 0 saturated carbocycles. The molecule has 0 aromatic heterocycles. The summed E-state index contributed by atoms with van der Waals surface area (Å²) in [6, 6.07) is 7.72. The Morgan fingerprint density at radius 2 is 2.27 bits per heavy atom. The highest BCUT2D eigenvalue weighted by Gasteiger charge is 2.20. The van der Waals surface area contributed by atoms with Crippen LogP contribution in [0.5, 0.6) is 11.5 Å². The summed E-state index contributed by atoms with van der Waals surface area (Å²) in [4.78, 5) is 0. The third-order valence-corrected chi connectivity index (χ3v) is 2.42. The molecule has 0 N–H and O–H groups in total. The van der Waals surface area contributed by atoms with E-state index in [2.05, 4.69) is 6.07 Å². The van der Waals surface area contributed by atoms with Crippen molar-refractivity contribution >= 4 is 6.08 Å². The van der Waals surface area contributed by atoms with Gasteiger partial charge in [-0.1, -0.05) is 6.07 Å². The van der Waals surface area contributed by atoms with E-state index in [9.17, 15) is 0 Å². The molecule has 0 bridgehead atoms. The summed E-state index contributed by atoms with van der Waals surface area (Å²) in [5.74, 6) is 1.49. The van der Waals surface area contributed by atoms with E-state index in [1.54, 1.807) is 7.11 Å². The molecule has 3 nitrogen and oxygen atoms in total. The lowest BCUT2D eigenvalue weighted by Crippen LogP contribution is -2.18. The average Bonchev–Trinajstić information content (AvgIpc) is 2.27. The lowest BCUT2D eigenvalue weighted by Gasteiger charge is -2.22. The summed E-state index contributed by atoms with van der Waals surface area (Å²) in [5.41, 5.74) is 1.46. The van der Waals surface area contributed by atoms with Crippen molar-refractivity contribution in [3.8, 4) is 17.6 Å². The quantitative estimate of drug-likeness (QED) is 0.700. The summed E-state index contributed by atoms with van der Waals surface area (Å²) >= 11 is 0. The van der Waals surface area contributed by atoms with Crippen LogP contribution >= 0.6 is 0 Å². The number of hydrogen-bond acceptors (Lipinski definition) is 3. The van der Waals surface area contributed by atoms with Crippen molar-refractivity contribution in [3.05, 3.63) is 29.3 Å². The Balaban J connectivity index is 2.57. The molecule has 0 spiro atoms. The van der Waals surface area contributed by atoms with Crippen molar-refractivity contribution in [1.82, 2.24) is 0 Å². The van der Waals surface area contributed by atoms with Gasteiger partial charge in [-0.25, -0.2) is 0 Å². The van der Waals surface area contributed by atoms with Crippen molar-refractivity contribution in [3.63, 3.8) is 0 Å². The summed E-state index contributed by atoms with van der Waals surface area (Å²) in [6.07, 6.45) is 1.64. The average molecular weight is 201 g/mol. The number of ether oxygens (including phenoxy) is 2. The third-order valence-electron chi connectivity index (χ3n) is 2.42. The smallest absolute Gasteiger partial charge is 0.131 e. The normalized spacial score (nSPS) is 18.2. The molecular weight excluding hydrogens is 190 g/mol. The number of fused-ring (bicyclic) bond motifs is 1. The minimum Gasteiger partial charge on any atom is -0.496 e. The number of nitriles is 1. The van der Waals surface area contributed by atoms with Crippen molar-refractivity contribution in [1.29, 1.82) is 5.26 Å². The minimum absolute atomic E-state index is 0.186. The second-order valence-corrected chi connectivity index (χ2v) is 3.34. The van der Waals surface area contributed by atoms with Gasteiger partial charge in [0, 0.05) is 0 Å². The molecule has 15 heavy (non-hydrogen) atoms. The number of methoxy groups -OCH3 is 1. The number of rotatable bonds is 1. The predicted molar refractivity (Wildman–Crippen MR) is 56.7 cm³/mol. The molecule has 1 aliphatic rings. The highest BCUT2D eigenvalue weighted by Crippen LogP contribution is 2.35. The van der Waals surface area contributed by atoms with Crippen LogP contribution in [0.3, 0.4) is 0 Å². The van der Waals surface area contributed by atoms with Crippen molar-refractivity contribution in [2.45, 2.75) is 13.0 Å². The highest BCUT2D eigenvalue weighted by atomic mass is 16.5. The zero-order valence-electron chi connectivity index (χ0n) is 8.65. The van der Waals surface area contributed by atoms with Gasteiger partial charge in [-0.15, -0.1) is 0 Å². The van der Waals surface area contributed by atoms with Crippen LogP contribution in [-0.2, 0) is 0 Å². The second kappa shape index (κ2) is 3.66. The minimum atomic E-state index is -0.186. The van der Waals surface area contributed by atoms with Gasteiger partial charge < -0.3 is 9.47 Å². The summed E-state index contributed by atoms with van der Waals surface area (Å²) in [5, 5.41) is 8.91. The molecule has 0 aliphatic carbocycles. The van der Waals surface area contributed by atoms with Crippen LogP contribution in [0.25, 0.3) is 6.08 Å². The van der Waals surface area contributed by atoms with Gasteiger partial charge in [0.2, 0.25) is 0 Å². The monoisotopic (exact) mass is 201 g/mol. The summed E-state index contributed by atoms with van der Waals surface area (Å²) < 4.78 is 10.8. The van der Waals surface area contributed by atoms with E-state index in [0.717, 1.165) is 17.1 Å². The predicted octanol–water partition coefficient (Wildman–Crippen LogP) is 2.38. The first-order valence-electron chi connectivity index (χ1n) is 4.71. The fourth-order valence-electron chi connectivity index (χ4n) is 1.60. The molecule has 76 valence electrons. The Labute approximate surface area is 88.5 Å². The number of benzene rings is 1. The van der Waals surface area contributed by atoms with E-state index < -0.39 is 0 Å². The Hall–Kier alpha value is -1.95. The van der Waals surface area contributed by atoms with Crippen LogP contribution in [0.4, 0.5) is 0 Å². The third kappa shape index (κ3) is 1.55. The fraction of sp³-hybridized carbons (Fsp3) is 0.250. The highest BCUT2D eigenvalue weighted by molar-refractivity contribution is 5.70. The van der Waals surface area contributed by atoms with Gasteiger partial charge in [0.1, 0.15) is 17.6 Å². The van der Waals surface area contributed by atoms with Gasteiger partial charge in [0.25, 0.3) is 0 Å². The largest absolute Gasteiger partial charge is 0.496 e. The molecular formula is C12H11NO2. The molecule has 0 radical (unpaired) electrons. The Morgan fingerprint density at radius 3 is 2.93 bits per heavy atom. The van der Waals surface area contributed by atoms with E-state index in [4.69, 9.17) is 14.7 Å². The van der Waals surface area contributed by atoms with Crippen LogP contribution in [0, 0.1) is 11.3 Å². The number of hydrogen-bond donors (Lipinski definition) is 0. The lowest BCUT2D eigenvalue weighted by molar-refractivity contribution is 0.256.